The molecule has 0 saturated heterocycles. The van der Waals surface area contributed by atoms with Gasteiger partial charge in [0.1, 0.15) is 18.2 Å². The van der Waals surface area contributed by atoms with Crippen LogP contribution in [0.2, 0.25) is 0 Å². The number of hydrogen-bond acceptors (Lipinski definition) is 3. The Labute approximate surface area is 132 Å². The summed E-state index contributed by atoms with van der Waals surface area (Å²) in [7, 11) is 1.64. The second kappa shape index (κ2) is 8.00. The zero-order valence-corrected chi connectivity index (χ0v) is 13.3. The van der Waals surface area contributed by atoms with E-state index in [2.05, 4.69) is 21.2 Å². The molecule has 3 nitrogen and oxygen atoms in total. The largest absolute Gasteiger partial charge is 0.491 e. The first-order chi connectivity index (χ1) is 10.2. The van der Waals surface area contributed by atoms with Crippen molar-refractivity contribution in [2.24, 2.45) is 0 Å². The summed E-state index contributed by atoms with van der Waals surface area (Å²) in [4.78, 5) is 0. The maximum absolute atomic E-state index is 13.1. The summed E-state index contributed by atoms with van der Waals surface area (Å²) in [5.74, 6) is 0.554. The third-order valence-corrected chi connectivity index (χ3v) is 3.50. The Bertz CT molecular complexity index is 575. The number of halogens is 2. The zero-order valence-electron chi connectivity index (χ0n) is 11.7. The molecule has 2 aromatic rings. The molecule has 0 heterocycles. The molecule has 0 aromatic heterocycles. The molecule has 0 bridgehead atoms. The molecule has 0 unspecified atom stereocenters. The van der Waals surface area contributed by atoms with Gasteiger partial charge in [0, 0.05) is 19.3 Å². The van der Waals surface area contributed by atoms with Crippen molar-refractivity contribution in [1.82, 2.24) is 0 Å². The van der Waals surface area contributed by atoms with Gasteiger partial charge in [0.05, 0.1) is 11.1 Å². The quantitative estimate of drug-likeness (QED) is 0.755. The van der Waals surface area contributed by atoms with Crippen molar-refractivity contribution in [1.29, 1.82) is 0 Å². The molecule has 0 amide bonds. The highest BCUT2D eigenvalue weighted by atomic mass is 79.9. The molecular formula is C16H17BrFNO2. The molecule has 0 aliphatic heterocycles. The molecule has 1 N–H and O–H groups in total. The number of rotatable bonds is 7. The van der Waals surface area contributed by atoms with Crippen molar-refractivity contribution in [3.8, 4) is 5.75 Å². The van der Waals surface area contributed by atoms with Gasteiger partial charge < -0.3 is 14.8 Å². The highest BCUT2D eigenvalue weighted by molar-refractivity contribution is 9.10. The summed E-state index contributed by atoms with van der Waals surface area (Å²) in [5, 5.41) is 3.28. The van der Waals surface area contributed by atoms with E-state index in [0.29, 0.717) is 24.2 Å². The molecule has 0 atom stereocenters. The molecule has 2 aromatic carbocycles. The lowest BCUT2D eigenvalue weighted by molar-refractivity contribution is 0.146. The van der Waals surface area contributed by atoms with Crippen LogP contribution in [0.5, 0.6) is 5.75 Å². The van der Waals surface area contributed by atoms with Gasteiger partial charge in [-0.3, -0.25) is 0 Å². The van der Waals surface area contributed by atoms with E-state index in [9.17, 15) is 4.39 Å². The van der Waals surface area contributed by atoms with Gasteiger partial charge in [0.2, 0.25) is 0 Å². The number of anilines is 1. The minimum Gasteiger partial charge on any atom is -0.491 e. The van der Waals surface area contributed by atoms with Crippen molar-refractivity contribution in [2.75, 3.05) is 25.6 Å². The van der Waals surface area contributed by atoms with Crippen molar-refractivity contribution in [3.05, 3.63) is 58.3 Å². The molecule has 0 aliphatic carbocycles. The Morgan fingerprint density at radius 3 is 2.52 bits per heavy atom. The van der Waals surface area contributed by atoms with Crippen LogP contribution in [0.4, 0.5) is 10.1 Å². The minimum absolute atomic E-state index is 0.253. The normalized spacial score (nSPS) is 10.4. The van der Waals surface area contributed by atoms with Crippen LogP contribution in [0.15, 0.2) is 46.9 Å². The summed E-state index contributed by atoms with van der Waals surface area (Å²) in [6, 6.07) is 12.7. The van der Waals surface area contributed by atoms with Crippen LogP contribution in [-0.2, 0) is 11.3 Å². The van der Waals surface area contributed by atoms with E-state index in [4.69, 9.17) is 9.47 Å². The fourth-order valence-electron chi connectivity index (χ4n) is 1.77. The monoisotopic (exact) mass is 353 g/mol. The molecule has 0 saturated carbocycles. The molecule has 21 heavy (non-hydrogen) atoms. The van der Waals surface area contributed by atoms with Crippen LogP contribution in [-0.4, -0.2) is 20.3 Å². The van der Waals surface area contributed by atoms with Crippen LogP contribution in [0.3, 0.4) is 0 Å². The first kappa shape index (κ1) is 15.8. The van der Waals surface area contributed by atoms with Crippen molar-refractivity contribution < 1.29 is 13.9 Å². The molecular weight excluding hydrogens is 337 g/mol. The van der Waals surface area contributed by atoms with E-state index < -0.39 is 0 Å². The van der Waals surface area contributed by atoms with Crippen molar-refractivity contribution in [3.63, 3.8) is 0 Å². The number of methoxy groups -OCH3 is 1. The highest BCUT2D eigenvalue weighted by Gasteiger charge is 2.01. The molecule has 0 fully saturated rings. The summed E-state index contributed by atoms with van der Waals surface area (Å²) >= 11 is 3.18. The molecule has 0 spiro atoms. The molecule has 0 aliphatic rings. The van der Waals surface area contributed by atoms with Gasteiger partial charge in [-0.1, -0.05) is 6.07 Å². The lowest BCUT2D eigenvalue weighted by Gasteiger charge is -2.09. The summed E-state index contributed by atoms with van der Waals surface area (Å²) in [6.07, 6.45) is 0. The number of ether oxygens (including phenoxy) is 2. The average Bonchev–Trinajstić information content (AvgIpc) is 2.50. The zero-order chi connectivity index (χ0) is 15.1. The maximum Gasteiger partial charge on any atom is 0.137 e. The first-order valence-corrected chi connectivity index (χ1v) is 7.38. The molecule has 5 heteroatoms. The third-order valence-electron chi connectivity index (χ3n) is 2.89. The van der Waals surface area contributed by atoms with E-state index in [0.717, 1.165) is 17.0 Å². The van der Waals surface area contributed by atoms with Crippen LogP contribution >= 0.6 is 15.9 Å². The van der Waals surface area contributed by atoms with Crippen LogP contribution in [0.1, 0.15) is 5.56 Å². The molecule has 112 valence electrons. The van der Waals surface area contributed by atoms with E-state index in [1.165, 1.54) is 6.07 Å². The van der Waals surface area contributed by atoms with Crippen LogP contribution < -0.4 is 10.1 Å². The van der Waals surface area contributed by atoms with Gasteiger partial charge in [0.25, 0.3) is 0 Å². The number of benzene rings is 2. The van der Waals surface area contributed by atoms with Gasteiger partial charge in [-0.05, 0) is 57.9 Å². The van der Waals surface area contributed by atoms with Crippen molar-refractivity contribution in [2.45, 2.75) is 6.54 Å². The van der Waals surface area contributed by atoms with E-state index in [-0.39, 0.29) is 5.82 Å². The third kappa shape index (κ3) is 5.02. The van der Waals surface area contributed by atoms with E-state index in [1.54, 1.807) is 19.2 Å². The first-order valence-electron chi connectivity index (χ1n) is 6.58. The predicted molar refractivity (Wildman–Crippen MR) is 85.2 cm³/mol. The maximum atomic E-state index is 13.1. The van der Waals surface area contributed by atoms with Gasteiger partial charge >= 0.3 is 0 Å². The Kier molecular flexibility index (Phi) is 6.02. The lowest BCUT2D eigenvalue weighted by atomic mass is 10.2. The Morgan fingerprint density at radius 2 is 1.86 bits per heavy atom. The second-order valence-electron chi connectivity index (χ2n) is 4.47. The Hall–Kier alpha value is -1.59. The van der Waals surface area contributed by atoms with E-state index >= 15 is 0 Å². The smallest absolute Gasteiger partial charge is 0.137 e. The van der Waals surface area contributed by atoms with Gasteiger partial charge in [-0.25, -0.2) is 4.39 Å². The van der Waals surface area contributed by atoms with Gasteiger partial charge in [-0.15, -0.1) is 0 Å². The topological polar surface area (TPSA) is 30.5 Å². The second-order valence-corrected chi connectivity index (χ2v) is 5.32. The minimum atomic E-state index is -0.253. The fourth-order valence-corrected chi connectivity index (χ4v) is 2.19. The number of hydrogen-bond donors (Lipinski definition) is 1. The number of nitrogens with one attached hydrogen (secondary N) is 1. The SMILES string of the molecule is COCCOc1ccc(NCc2ccc(F)c(Br)c2)cc1. The molecule has 2 rings (SSSR count). The molecule has 0 radical (unpaired) electrons. The summed E-state index contributed by atoms with van der Waals surface area (Å²) in [6.45, 7) is 1.73. The highest BCUT2D eigenvalue weighted by Crippen LogP contribution is 2.19. The standard InChI is InChI=1S/C16H17BrFNO2/c1-20-8-9-21-14-5-3-13(4-6-14)19-11-12-2-7-16(18)15(17)10-12/h2-7,10,19H,8-9,11H2,1H3. The summed E-state index contributed by atoms with van der Waals surface area (Å²) < 4.78 is 24.0. The van der Waals surface area contributed by atoms with Gasteiger partial charge in [0.15, 0.2) is 0 Å². The van der Waals surface area contributed by atoms with Crippen LogP contribution in [0.25, 0.3) is 0 Å². The Morgan fingerprint density at radius 1 is 1.10 bits per heavy atom. The van der Waals surface area contributed by atoms with Crippen molar-refractivity contribution >= 4 is 21.6 Å². The Balaban J connectivity index is 1.86. The van der Waals surface area contributed by atoms with Gasteiger partial charge in [-0.2, -0.15) is 0 Å². The predicted octanol–water partition coefficient (Wildman–Crippen LogP) is 4.23. The summed E-state index contributed by atoms with van der Waals surface area (Å²) in [5.41, 5.74) is 1.98. The fraction of sp³-hybridized carbons (Fsp3) is 0.250. The average molecular weight is 354 g/mol. The van der Waals surface area contributed by atoms with E-state index in [1.807, 2.05) is 24.3 Å². The lowest BCUT2D eigenvalue weighted by Crippen LogP contribution is -2.04. The van der Waals surface area contributed by atoms with Crippen LogP contribution in [0, 0.1) is 5.82 Å².